The number of esters is 2. The molecular weight excluding hydrogens is 332 g/mol. The summed E-state index contributed by atoms with van der Waals surface area (Å²) >= 11 is 0. The van der Waals surface area contributed by atoms with Gasteiger partial charge in [-0.1, -0.05) is 18.2 Å². The summed E-state index contributed by atoms with van der Waals surface area (Å²) in [6.45, 7) is 4.24. The van der Waals surface area contributed by atoms with Gasteiger partial charge in [-0.15, -0.1) is 0 Å². The van der Waals surface area contributed by atoms with Crippen molar-refractivity contribution in [1.82, 2.24) is 9.55 Å². The molecule has 0 saturated heterocycles. The highest BCUT2D eigenvalue weighted by atomic mass is 16.5. The van der Waals surface area contributed by atoms with Crippen LogP contribution < -0.4 is 0 Å². The Morgan fingerprint density at radius 1 is 1.23 bits per heavy atom. The molecule has 6 nitrogen and oxygen atoms in total. The van der Waals surface area contributed by atoms with Crippen LogP contribution in [0.3, 0.4) is 0 Å². The monoisotopic (exact) mass is 358 g/mol. The molecule has 1 heterocycles. The zero-order valence-electron chi connectivity index (χ0n) is 15.4. The Labute approximate surface area is 153 Å². The van der Waals surface area contributed by atoms with Crippen LogP contribution in [0.4, 0.5) is 0 Å². The first-order chi connectivity index (χ1) is 12.6. The van der Waals surface area contributed by atoms with Gasteiger partial charge in [0.15, 0.2) is 0 Å². The van der Waals surface area contributed by atoms with Gasteiger partial charge in [-0.25, -0.2) is 9.78 Å². The van der Waals surface area contributed by atoms with E-state index in [-0.39, 0.29) is 18.0 Å². The topological polar surface area (TPSA) is 70.4 Å². The molecule has 0 spiro atoms. The van der Waals surface area contributed by atoms with Gasteiger partial charge in [-0.3, -0.25) is 4.79 Å². The second-order valence-electron chi connectivity index (χ2n) is 6.99. The fraction of sp³-hybridized carbons (Fsp3) is 0.550. The number of carbonyl (C=O) groups excluding carboxylic acids is 2. The first kappa shape index (κ1) is 18.4. The molecule has 3 atom stereocenters. The molecule has 6 heteroatoms. The minimum atomic E-state index is -0.348. The number of nitrogens with zero attached hydrogens (tertiary/aromatic N) is 2. The van der Waals surface area contributed by atoms with E-state index in [1.807, 2.05) is 4.57 Å². The van der Waals surface area contributed by atoms with Crippen LogP contribution in [0.5, 0.6) is 0 Å². The zero-order valence-corrected chi connectivity index (χ0v) is 15.4. The Balaban J connectivity index is 1.46. The molecule has 0 N–H and O–H groups in total. The summed E-state index contributed by atoms with van der Waals surface area (Å²) in [7, 11) is 0. The molecule has 3 rings (SSSR count). The Hall–Kier alpha value is -2.37. The molecule has 0 radical (unpaired) electrons. The Kier molecular flexibility index (Phi) is 5.91. The fourth-order valence-electron chi connectivity index (χ4n) is 3.23. The molecule has 2 aliphatic rings. The van der Waals surface area contributed by atoms with Crippen molar-refractivity contribution in [1.29, 1.82) is 0 Å². The van der Waals surface area contributed by atoms with E-state index in [1.165, 1.54) is 18.9 Å². The van der Waals surface area contributed by atoms with E-state index in [1.54, 1.807) is 12.5 Å². The normalized spacial score (nSPS) is 21.5. The molecule has 0 aliphatic heterocycles. The largest absolute Gasteiger partial charge is 0.466 e. The van der Waals surface area contributed by atoms with Crippen molar-refractivity contribution < 1.29 is 19.1 Å². The zero-order chi connectivity index (χ0) is 18.5. The van der Waals surface area contributed by atoms with E-state index in [4.69, 9.17) is 9.47 Å². The average Bonchev–Trinajstić information content (AvgIpc) is 3.23. The van der Waals surface area contributed by atoms with Gasteiger partial charge in [0, 0.05) is 6.92 Å². The second kappa shape index (κ2) is 8.34. The van der Waals surface area contributed by atoms with Gasteiger partial charge in [0.2, 0.25) is 0 Å². The highest BCUT2D eigenvalue weighted by molar-refractivity contribution is 5.87. The summed E-state index contributed by atoms with van der Waals surface area (Å²) < 4.78 is 12.1. The van der Waals surface area contributed by atoms with Crippen molar-refractivity contribution in [3.63, 3.8) is 0 Å². The summed E-state index contributed by atoms with van der Waals surface area (Å²) in [5, 5.41) is 0. The molecule has 1 fully saturated rings. The lowest BCUT2D eigenvalue weighted by molar-refractivity contribution is -0.141. The van der Waals surface area contributed by atoms with Crippen LogP contribution in [0.1, 0.15) is 56.1 Å². The highest BCUT2D eigenvalue weighted by Gasteiger charge is 2.36. The third kappa shape index (κ3) is 4.62. The van der Waals surface area contributed by atoms with E-state index in [0.29, 0.717) is 24.8 Å². The standard InChI is InChI=1S/C20H26N2O4/c1-14(16-6-7-17-11-18(17)10-16)22-13-21-12-19(22)20(24)26-9-5-3-4-8-25-15(2)23/h6-7,10,12-14,17-18H,3-5,8-9,11H2,1-2H3/t14-,17?,18?/m1/s1. The number of hydrogen-bond donors (Lipinski definition) is 0. The number of imidazole rings is 1. The number of aromatic nitrogens is 2. The number of allylic oxidation sites excluding steroid dienone is 4. The van der Waals surface area contributed by atoms with Crippen molar-refractivity contribution in [2.75, 3.05) is 13.2 Å². The van der Waals surface area contributed by atoms with E-state index in [2.05, 4.69) is 30.1 Å². The van der Waals surface area contributed by atoms with Crippen molar-refractivity contribution in [2.45, 2.75) is 45.6 Å². The molecule has 2 unspecified atom stereocenters. The van der Waals surface area contributed by atoms with Crippen LogP contribution in [0.15, 0.2) is 36.3 Å². The maximum Gasteiger partial charge on any atom is 0.356 e. The summed E-state index contributed by atoms with van der Waals surface area (Å²) in [5.41, 5.74) is 1.70. The van der Waals surface area contributed by atoms with Gasteiger partial charge in [0.1, 0.15) is 5.69 Å². The predicted octanol–water partition coefficient (Wildman–Crippen LogP) is 3.47. The minimum Gasteiger partial charge on any atom is -0.466 e. The van der Waals surface area contributed by atoms with Gasteiger partial charge in [0.25, 0.3) is 0 Å². The highest BCUT2D eigenvalue weighted by Crippen LogP contribution is 2.45. The van der Waals surface area contributed by atoms with Crippen LogP contribution in [0, 0.1) is 11.8 Å². The number of fused-ring (bicyclic) bond motifs is 1. The van der Waals surface area contributed by atoms with E-state index in [0.717, 1.165) is 25.2 Å². The number of carbonyl (C=O) groups is 2. The lowest BCUT2D eigenvalue weighted by Crippen LogP contribution is -2.16. The lowest BCUT2D eigenvalue weighted by atomic mass is 10.0. The molecule has 26 heavy (non-hydrogen) atoms. The van der Waals surface area contributed by atoms with Gasteiger partial charge in [-0.05, 0) is 50.0 Å². The number of unbranched alkanes of at least 4 members (excludes halogenated alkanes) is 2. The number of hydrogen-bond acceptors (Lipinski definition) is 5. The summed E-state index contributed by atoms with van der Waals surface area (Å²) in [6, 6.07) is 0.0570. The van der Waals surface area contributed by atoms with Gasteiger partial charge in [0.05, 0.1) is 31.8 Å². The van der Waals surface area contributed by atoms with E-state index in [9.17, 15) is 9.59 Å². The van der Waals surface area contributed by atoms with Crippen LogP contribution in [0.25, 0.3) is 0 Å². The molecule has 0 amide bonds. The van der Waals surface area contributed by atoms with Crippen molar-refractivity contribution in [3.05, 3.63) is 42.0 Å². The second-order valence-corrected chi connectivity index (χ2v) is 6.99. The quantitative estimate of drug-likeness (QED) is 0.499. The van der Waals surface area contributed by atoms with Crippen LogP contribution in [-0.2, 0) is 14.3 Å². The summed E-state index contributed by atoms with van der Waals surface area (Å²) in [6.07, 6.45) is 13.6. The average molecular weight is 358 g/mol. The molecule has 1 aromatic rings. The molecular formula is C20H26N2O4. The van der Waals surface area contributed by atoms with Crippen LogP contribution in [-0.4, -0.2) is 34.7 Å². The van der Waals surface area contributed by atoms with Crippen LogP contribution >= 0.6 is 0 Å². The van der Waals surface area contributed by atoms with E-state index >= 15 is 0 Å². The Morgan fingerprint density at radius 2 is 2.00 bits per heavy atom. The van der Waals surface area contributed by atoms with E-state index < -0.39 is 0 Å². The predicted molar refractivity (Wildman–Crippen MR) is 96.5 cm³/mol. The Morgan fingerprint density at radius 3 is 2.73 bits per heavy atom. The van der Waals surface area contributed by atoms with Crippen molar-refractivity contribution in [2.24, 2.45) is 11.8 Å². The maximum absolute atomic E-state index is 12.4. The first-order valence-corrected chi connectivity index (χ1v) is 9.28. The third-order valence-corrected chi connectivity index (χ3v) is 4.94. The molecule has 2 aliphatic carbocycles. The molecule has 0 aromatic carbocycles. The third-order valence-electron chi connectivity index (χ3n) is 4.94. The number of rotatable bonds is 9. The molecule has 1 saturated carbocycles. The fourth-order valence-corrected chi connectivity index (χ4v) is 3.23. The molecule has 0 bridgehead atoms. The minimum absolute atomic E-state index is 0.0570. The maximum atomic E-state index is 12.4. The lowest BCUT2D eigenvalue weighted by Gasteiger charge is -2.19. The van der Waals surface area contributed by atoms with Crippen molar-refractivity contribution in [3.8, 4) is 0 Å². The summed E-state index contributed by atoms with van der Waals surface area (Å²) in [5.74, 6) is 0.778. The summed E-state index contributed by atoms with van der Waals surface area (Å²) in [4.78, 5) is 27.2. The first-order valence-electron chi connectivity index (χ1n) is 9.28. The molecule has 140 valence electrons. The van der Waals surface area contributed by atoms with Crippen molar-refractivity contribution >= 4 is 11.9 Å². The van der Waals surface area contributed by atoms with Gasteiger partial charge < -0.3 is 14.0 Å². The smallest absolute Gasteiger partial charge is 0.356 e. The van der Waals surface area contributed by atoms with Gasteiger partial charge >= 0.3 is 11.9 Å². The SMILES string of the molecule is CC(=O)OCCCCCOC(=O)c1cncn1[C@H](C)C1=CC2CC2C=C1. The number of ether oxygens (including phenoxy) is 2. The molecule has 1 aromatic heterocycles. The van der Waals surface area contributed by atoms with Gasteiger partial charge in [-0.2, -0.15) is 0 Å². The Bertz CT molecular complexity index is 719. The van der Waals surface area contributed by atoms with Crippen LogP contribution in [0.2, 0.25) is 0 Å².